The molecule has 0 radical (unpaired) electrons. The Morgan fingerprint density at radius 1 is 1.21 bits per heavy atom. The lowest BCUT2D eigenvalue weighted by Gasteiger charge is -2.14. The molecule has 122 valence electrons. The first-order valence-electron chi connectivity index (χ1n) is 7.38. The monoisotopic (exact) mass is 341 g/mol. The first-order valence-corrected chi connectivity index (χ1v) is 7.79. The Hall–Kier alpha value is -2.80. The molecule has 2 heterocycles. The van der Waals surface area contributed by atoms with Gasteiger partial charge < -0.3 is 19.9 Å². The van der Waals surface area contributed by atoms with Crippen LogP contribution in [-0.2, 0) is 6.54 Å². The maximum Gasteiger partial charge on any atom is 0.231 e. The van der Waals surface area contributed by atoms with Gasteiger partial charge in [0.2, 0.25) is 11.6 Å². The topological polar surface area (TPSA) is 71.5 Å². The second-order valence-corrected chi connectivity index (χ2v) is 5.80. The van der Waals surface area contributed by atoms with Crippen LogP contribution in [0, 0.1) is 4.77 Å². The lowest BCUT2D eigenvalue weighted by molar-refractivity contribution is 0.174. The van der Waals surface area contributed by atoms with Crippen molar-refractivity contribution in [2.75, 3.05) is 19.6 Å². The summed E-state index contributed by atoms with van der Waals surface area (Å²) in [6, 6.07) is 11.3. The van der Waals surface area contributed by atoms with Gasteiger partial charge in [0, 0.05) is 5.39 Å². The van der Waals surface area contributed by atoms with E-state index in [0.717, 1.165) is 33.7 Å². The van der Waals surface area contributed by atoms with E-state index < -0.39 is 0 Å². The minimum Gasteiger partial charge on any atom is -0.497 e. The third-order valence-electron chi connectivity index (χ3n) is 4.00. The van der Waals surface area contributed by atoms with Crippen molar-refractivity contribution in [2.24, 2.45) is 0 Å². The first-order chi connectivity index (χ1) is 11.7. The van der Waals surface area contributed by atoms with Crippen molar-refractivity contribution in [3.63, 3.8) is 0 Å². The number of methoxy groups -OCH3 is 1. The molecular formula is C17H15N3O3S. The molecule has 1 aliphatic heterocycles. The summed E-state index contributed by atoms with van der Waals surface area (Å²) in [4.78, 5) is 4.47. The molecule has 0 bridgehead atoms. The molecule has 1 aromatic heterocycles. The van der Waals surface area contributed by atoms with Crippen LogP contribution >= 0.6 is 12.2 Å². The van der Waals surface area contributed by atoms with E-state index >= 15 is 0 Å². The van der Waals surface area contributed by atoms with Crippen LogP contribution in [0.4, 0.5) is 5.82 Å². The van der Waals surface area contributed by atoms with E-state index in [1.54, 1.807) is 11.7 Å². The number of fused-ring (bicyclic) bond motifs is 2. The summed E-state index contributed by atoms with van der Waals surface area (Å²) >= 11 is 5.41. The van der Waals surface area contributed by atoms with Crippen LogP contribution in [-0.4, -0.2) is 23.5 Å². The second kappa shape index (κ2) is 5.68. The van der Waals surface area contributed by atoms with Crippen molar-refractivity contribution in [1.29, 1.82) is 0 Å². The fraction of sp³-hybridized carbons (Fsp3) is 0.176. The molecule has 0 saturated heterocycles. The Kier molecular flexibility index (Phi) is 3.50. The molecule has 2 N–H and O–H groups in total. The number of anilines is 1. The largest absolute Gasteiger partial charge is 0.497 e. The summed E-state index contributed by atoms with van der Waals surface area (Å²) in [5.74, 6) is 2.76. The predicted molar refractivity (Wildman–Crippen MR) is 93.2 cm³/mol. The number of nitrogens with two attached hydrogens (primary N) is 1. The SMILES string of the molecule is COc1ccc2nc(=S)n(Cc3ccc4c(c3)OCO4)c(N)c2c1. The smallest absolute Gasteiger partial charge is 0.231 e. The fourth-order valence-corrected chi connectivity index (χ4v) is 2.99. The molecule has 1 aliphatic rings. The summed E-state index contributed by atoms with van der Waals surface area (Å²) in [6.07, 6.45) is 0. The average Bonchev–Trinajstić information content (AvgIpc) is 3.06. The van der Waals surface area contributed by atoms with Crippen LogP contribution in [0.25, 0.3) is 10.9 Å². The number of nitrogens with zero attached hydrogens (tertiary/aromatic N) is 2. The number of aromatic nitrogens is 2. The van der Waals surface area contributed by atoms with E-state index in [1.807, 2.05) is 36.4 Å². The number of benzene rings is 2. The molecular weight excluding hydrogens is 326 g/mol. The zero-order chi connectivity index (χ0) is 16.7. The molecule has 7 heteroatoms. The Labute approximate surface area is 143 Å². The van der Waals surface area contributed by atoms with E-state index in [1.165, 1.54) is 0 Å². The quantitative estimate of drug-likeness (QED) is 0.738. The van der Waals surface area contributed by atoms with Crippen molar-refractivity contribution in [3.05, 3.63) is 46.7 Å². The molecule has 3 aromatic rings. The van der Waals surface area contributed by atoms with Crippen LogP contribution in [0.2, 0.25) is 0 Å². The highest BCUT2D eigenvalue weighted by molar-refractivity contribution is 7.71. The van der Waals surface area contributed by atoms with E-state index in [4.69, 9.17) is 32.2 Å². The summed E-state index contributed by atoms with van der Waals surface area (Å²) in [6.45, 7) is 0.749. The summed E-state index contributed by atoms with van der Waals surface area (Å²) in [5, 5.41) is 0.809. The van der Waals surface area contributed by atoms with Gasteiger partial charge in [-0.3, -0.25) is 4.57 Å². The van der Waals surface area contributed by atoms with E-state index in [2.05, 4.69) is 4.98 Å². The van der Waals surface area contributed by atoms with Gasteiger partial charge >= 0.3 is 0 Å². The van der Waals surface area contributed by atoms with E-state index in [-0.39, 0.29) is 6.79 Å². The lowest BCUT2D eigenvalue weighted by Crippen LogP contribution is -2.10. The number of hydrogen-bond acceptors (Lipinski definition) is 6. The van der Waals surface area contributed by atoms with Gasteiger partial charge in [-0.15, -0.1) is 0 Å². The average molecular weight is 341 g/mol. The third-order valence-corrected chi connectivity index (χ3v) is 4.31. The number of ether oxygens (including phenoxy) is 3. The molecule has 0 saturated carbocycles. The van der Waals surface area contributed by atoms with E-state index in [9.17, 15) is 0 Å². The highest BCUT2D eigenvalue weighted by atomic mass is 32.1. The fourth-order valence-electron chi connectivity index (χ4n) is 2.73. The number of nitrogen functional groups attached to an aromatic ring is 1. The van der Waals surface area contributed by atoms with Crippen LogP contribution < -0.4 is 19.9 Å². The zero-order valence-electron chi connectivity index (χ0n) is 13.0. The van der Waals surface area contributed by atoms with Gasteiger partial charge in [0.05, 0.1) is 19.2 Å². The molecule has 6 nitrogen and oxygen atoms in total. The Morgan fingerprint density at radius 3 is 2.88 bits per heavy atom. The zero-order valence-corrected chi connectivity index (χ0v) is 13.8. The minimum absolute atomic E-state index is 0.248. The molecule has 0 aliphatic carbocycles. The summed E-state index contributed by atoms with van der Waals surface area (Å²) in [7, 11) is 1.62. The van der Waals surface area contributed by atoms with Crippen molar-refractivity contribution in [2.45, 2.75) is 6.54 Å². The normalized spacial score (nSPS) is 12.5. The van der Waals surface area contributed by atoms with E-state index in [0.29, 0.717) is 17.1 Å². The predicted octanol–water partition coefficient (Wildman–Crippen LogP) is 3.13. The van der Waals surface area contributed by atoms with Gasteiger partial charge in [0.25, 0.3) is 0 Å². The molecule has 2 aromatic carbocycles. The Morgan fingerprint density at radius 2 is 2.04 bits per heavy atom. The third kappa shape index (κ3) is 2.43. The lowest BCUT2D eigenvalue weighted by atomic mass is 10.2. The molecule has 0 atom stereocenters. The Balaban J connectivity index is 1.79. The van der Waals surface area contributed by atoms with Gasteiger partial charge in [0.15, 0.2) is 11.5 Å². The van der Waals surface area contributed by atoms with Crippen LogP contribution in [0.15, 0.2) is 36.4 Å². The van der Waals surface area contributed by atoms with Crippen LogP contribution in [0.1, 0.15) is 5.56 Å². The first kappa shape index (κ1) is 14.8. The van der Waals surface area contributed by atoms with Crippen molar-refractivity contribution < 1.29 is 14.2 Å². The molecule has 0 spiro atoms. The summed E-state index contributed by atoms with van der Waals surface area (Å²) < 4.78 is 18.3. The number of hydrogen-bond donors (Lipinski definition) is 1. The maximum atomic E-state index is 6.35. The van der Waals surface area contributed by atoms with Gasteiger partial charge in [-0.1, -0.05) is 6.07 Å². The van der Waals surface area contributed by atoms with Crippen molar-refractivity contribution in [3.8, 4) is 17.2 Å². The molecule has 0 unspecified atom stereocenters. The molecule has 24 heavy (non-hydrogen) atoms. The molecule has 0 amide bonds. The highest BCUT2D eigenvalue weighted by Crippen LogP contribution is 2.33. The minimum atomic E-state index is 0.248. The number of rotatable bonds is 3. The van der Waals surface area contributed by atoms with Gasteiger partial charge in [0.1, 0.15) is 11.6 Å². The molecule has 0 fully saturated rings. The van der Waals surface area contributed by atoms with Gasteiger partial charge in [-0.05, 0) is 48.1 Å². The second-order valence-electron chi connectivity index (χ2n) is 5.44. The maximum absolute atomic E-state index is 6.35. The van der Waals surface area contributed by atoms with Crippen LogP contribution in [0.3, 0.4) is 0 Å². The van der Waals surface area contributed by atoms with Crippen molar-refractivity contribution >= 4 is 28.9 Å². The highest BCUT2D eigenvalue weighted by Gasteiger charge is 2.14. The summed E-state index contributed by atoms with van der Waals surface area (Å²) in [5.41, 5.74) is 8.10. The molecule has 4 rings (SSSR count). The van der Waals surface area contributed by atoms with Crippen LogP contribution in [0.5, 0.6) is 17.2 Å². The Bertz CT molecular complexity index is 1000. The standard InChI is InChI=1S/C17H15N3O3S/c1-21-11-3-4-13-12(7-11)16(18)20(17(24)19-13)8-10-2-5-14-15(6-10)23-9-22-14/h2-7H,8-9,18H2,1H3. The van der Waals surface area contributed by atoms with Gasteiger partial charge in [-0.2, -0.15) is 0 Å². The van der Waals surface area contributed by atoms with Crippen molar-refractivity contribution in [1.82, 2.24) is 9.55 Å². The van der Waals surface area contributed by atoms with Gasteiger partial charge in [-0.25, -0.2) is 4.98 Å².